The normalized spacial score (nSPS) is 12.1. The van der Waals surface area contributed by atoms with Gasteiger partial charge < -0.3 is 0 Å². The molecule has 2 aromatic rings. The third-order valence-corrected chi connectivity index (χ3v) is 12.2. The fourth-order valence-corrected chi connectivity index (χ4v) is 10.7. The summed E-state index contributed by atoms with van der Waals surface area (Å²) in [4.78, 5) is 6.74. The molecule has 1 N–H and O–H groups in total. The van der Waals surface area contributed by atoms with Crippen molar-refractivity contribution in [3.8, 4) is 0 Å². The molecule has 24 heavy (non-hydrogen) atoms. The zero-order chi connectivity index (χ0) is 17.4. The van der Waals surface area contributed by atoms with Gasteiger partial charge in [0.1, 0.15) is 0 Å². The number of aromatic nitrogens is 2. The number of unbranched alkanes of at least 4 members (excludes halogenated alkanes) is 3. The van der Waals surface area contributed by atoms with Crippen molar-refractivity contribution in [2.75, 3.05) is 0 Å². The summed E-state index contributed by atoms with van der Waals surface area (Å²) in [5, 5.41) is 7.86. The van der Waals surface area contributed by atoms with Crippen LogP contribution in [0.25, 0.3) is 4.83 Å². The number of nitrogens with one attached hydrogen (secondary N) is 1. The van der Waals surface area contributed by atoms with Crippen LogP contribution < -0.4 is 3.71 Å². The zero-order valence-electron chi connectivity index (χ0n) is 15.4. The number of imidazole rings is 1. The molecule has 0 saturated carbocycles. The molecule has 5 heteroatoms. The summed E-state index contributed by atoms with van der Waals surface area (Å²) in [6, 6.07) is 0. The van der Waals surface area contributed by atoms with Gasteiger partial charge in [-0.15, -0.1) is 0 Å². The van der Waals surface area contributed by atoms with E-state index < -0.39 is 21.1 Å². The summed E-state index contributed by atoms with van der Waals surface area (Å²) >= 11 is 0.919. The van der Waals surface area contributed by atoms with E-state index in [0.717, 1.165) is 0 Å². The summed E-state index contributed by atoms with van der Waals surface area (Å²) < 4.78 is 4.34. The molecule has 0 spiro atoms. The predicted octanol–water partition coefficient (Wildman–Crippen LogP) is 5.45. The summed E-state index contributed by atoms with van der Waals surface area (Å²) in [5.41, 5.74) is 0. The molecule has 0 aliphatic heterocycles. The maximum absolute atomic E-state index is 7.86. The Morgan fingerprint density at radius 3 is 2.21 bits per heavy atom. The molecule has 0 saturated heterocycles. The Kier molecular flexibility index (Phi) is 8.27. The molecule has 0 bridgehead atoms. The molecule has 0 aliphatic rings. The van der Waals surface area contributed by atoms with Crippen LogP contribution in [0.1, 0.15) is 83.4 Å². The van der Waals surface area contributed by atoms with Crippen LogP contribution in [0, 0.1) is 5.41 Å². The fraction of sp³-hybridized carbons (Fsp3) is 0.684. The van der Waals surface area contributed by atoms with Gasteiger partial charge in [0.2, 0.25) is 0 Å². The van der Waals surface area contributed by atoms with Gasteiger partial charge in [0.15, 0.2) is 0 Å². The van der Waals surface area contributed by atoms with Crippen molar-refractivity contribution in [2.24, 2.45) is 0 Å². The number of rotatable bonds is 12. The van der Waals surface area contributed by atoms with Gasteiger partial charge >= 0.3 is 161 Å². The number of fused-ring (bicyclic) bond motifs is 1. The second-order valence-electron chi connectivity index (χ2n) is 6.78. The predicted molar refractivity (Wildman–Crippen MR) is 108 cm³/mol. The summed E-state index contributed by atoms with van der Waals surface area (Å²) in [5.74, 6) is 0. The van der Waals surface area contributed by atoms with Gasteiger partial charge in [0, 0.05) is 0 Å². The van der Waals surface area contributed by atoms with Gasteiger partial charge in [-0.2, -0.15) is 0 Å². The Labute approximate surface area is 161 Å². The number of hydrogen-bond donors (Lipinski definition) is 1. The van der Waals surface area contributed by atoms with Gasteiger partial charge in [-0.3, -0.25) is 0 Å². The molecule has 0 aromatic carbocycles. The SMILES string of the molecule is CCCC[C](CCCC)(CCCC)[Sn][c]1c(C=N)sc2cncn12. The van der Waals surface area contributed by atoms with Crippen LogP contribution in [0.4, 0.5) is 0 Å². The molecule has 0 amide bonds. The molecule has 2 radical (unpaired) electrons. The Bertz CT molecular complexity index is 610. The van der Waals surface area contributed by atoms with E-state index in [-0.39, 0.29) is 0 Å². The summed E-state index contributed by atoms with van der Waals surface area (Å²) in [6.07, 6.45) is 17.6. The summed E-state index contributed by atoms with van der Waals surface area (Å²) in [7, 11) is 0. The van der Waals surface area contributed by atoms with Crippen molar-refractivity contribution in [1.29, 1.82) is 5.41 Å². The molecule has 3 nitrogen and oxygen atoms in total. The van der Waals surface area contributed by atoms with Crippen LogP contribution in [0.2, 0.25) is 3.43 Å². The molecule has 132 valence electrons. The Morgan fingerprint density at radius 2 is 1.71 bits per heavy atom. The van der Waals surface area contributed by atoms with Crippen molar-refractivity contribution in [3.63, 3.8) is 0 Å². The quantitative estimate of drug-likeness (QED) is 0.338. The van der Waals surface area contributed by atoms with Crippen LogP contribution in [0.15, 0.2) is 12.5 Å². The maximum atomic E-state index is 7.86. The molecule has 2 aromatic heterocycles. The van der Waals surface area contributed by atoms with E-state index in [1.54, 1.807) is 17.6 Å². The number of nitrogens with zero attached hydrogens (tertiary/aromatic N) is 2. The van der Waals surface area contributed by atoms with Crippen molar-refractivity contribution < 1.29 is 0 Å². The van der Waals surface area contributed by atoms with Gasteiger partial charge in [0.25, 0.3) is 0 Å². The van der Waals surface area contributed by atoms with E-state index in [1.165, 1.54) is 71.2 Å². The second-order valence-corrected chi connectivity index (χ2v) is 12.9. The van der Waals surface area contributed by atoms with Crippen LogP contribution in [-0.4, -0.2) is 36.7 Å². The first-order chi connectivity index (χ1) is 11.7. The third kappa shape index (κ3) is 4.84. The van der Waals surface area contributed by atoms with Gasteiger partial charge in [-0.25, -0.2) is 0 Å². The first kappa shape index (κ1) is 20.0. The second kappa shape index (κ2) is 9.95. The Hall–Kier alpha value is -0.361. The average Bonchev–Trinajstić information content (AvgIpc) is 3.18. The average molecular weight is 452 g/mol. The number of thiazole rings is 1. The molecule has 0 unspecified atom stereocenters. The van der Waals surface area contributed by atoms with Crippen LogP contribution in [-0.2, 0) is 0 Å². The van der Waals surface area contributed by atoms with Gasteiger partial charge in [-0.05, 0) is 0 Å². The first-order valence-electron chi connectivity index (χ1n) is 9.43. The van der Waals surface area contributed by atoms with E-state index in [9.17, 15) is 0 Å². The van der Waals surface area contributed by atoms with Crippen LogP contribution in [0.3, 0.4) is 0 Å². The number of hydrogen-bond acceptors (Lipinski definition) is 3. The van der Waals surface area contributed by atoms with Crippen LogP contribution >= 0.6 is 11.3 Å². The fourth-order valence-electron chi connectivity index (χ4n) is 3.38. The standard InChI is InChI=1S/C13H27.C6H4N3S.Sn/c1-4-7-10-13(11-8-5-2)12-9-6-3;7-1-5-3-9-4-8-2-6(9)10-5;/h4-12H2,1-3H3;1-2,4,7H;. The Balaban J connectivity index is 2.35. The molecule has 0 fully saturated rings. The zero-order valence-corrected chi connectivity index (χ0v) is 19.1. The monoisotopic (exact) mass is 453 g/mol. The molecule has 0 atom stereocenters. The summed E-state index contributed by atoms with van der Waals surface area (Å²) in [6.45, 7) is 6.95. The minimum atomic E-state index is -0.824. The molecule has 2 heterocycles. The molecule has 2 rings (SSSR count). The first-order valence-corrected chi connectivity index (χ1v) is 13.1. The van der Waals surface area contributed by atoms with Crippen molar-refractivity contribution in [2.45, 2.75) is 82.0 Å². The van der Waals surface area contributed by atoms with Crippen LogP contribution in [0.5, 0.6) is 0 Å². The van der Waals surface area contributed by atoms with Crippen molar-refractivity contribution in [1.82, 2.24) is 9.38 Å². The molecular weight excluding hydrogens is 421 g/mol. The van der Waals surface area contributed by atoms with E-state index in [4.69, 9.17) is 5.41 Å². The minimum absolute atomic E-state index is 0.557. The molecular formula is C19H31N3SSn. The van der Waals surface area contributed by atoms with Crippen molar-refractivity contribution >= 4 is 47.2 Å². The van der Waals surface area contributed by atoms with Gasteiger partial charge in [0.05, 0.1) is 0 Å². The van der Waals surface area contributed by atoms with E-state index in [1.807, 2.05) is 12.5 Å². The van der Waals surface area contributed by atoms with Crippen molar-refractivity contribution in [3.05, 3.63) is 17.4 Å². The molecule has 0 aliphatic carbocycles. The third-order valence-electron chi connectivity index (χ3n) is 4.83. The van der Waals surface area contributed by atoms with E-state index in [2.05, 4.69) is 30.2 Å². The van der Waals surface area contributed by atoms with Gasteiger partial charge in [-0.1, -0.05) is 0 Å². The Morgan fingerprint density at radius 1 is 1.12 bits per heavy atom. The van der Waals surface area contributed by atoms with E-state index in [0.29, 0.717) is 3.43 Å². The van der Waals surface area contributed by atoms with E-state index >= 15 is 0 Å². The topological polar surface area (TPSA) is 41.2 Å².